The fraction of sp³-hybridized carbons (Fsp3) is 0.400. The highest BCUT2D eigenvalue weighted by Crippen LogP contribution is 2.15. The summed E-state index contributed by atoms with van der Waals surface area (Å²) in [6.45, 7) is 3.47. The van der Waals surface area contributed by atoms with Crippen molar-refractivity contribution in [2.75, 3.05) is 0 Å². The van der Waals surface area contributed by atoms with E-state index in [-0.39, 0.29) is 6.04 Å². The van der Waals surface area contributed by atoms with Crippen molar-refractivity contribution >= 4 is 10.0 Å². The van der Waals surface area contributed by atoms with Crippen LogP contribution in [0.2, 0.25) is 0 Å². The predicted octanol–water partition coefficient (Wildman–Crippen LogP) is 2.04. The summed E-state index contributed by atoms with van der Waals surface area (Å²) in [6, 6.07) is 2.07. The lowest BCUT2D eigenvalue weighted by atomic mass is 10.3. The summed E-state index contributed by atoms with van der Waals surface area (Å²) in [4.78, 5) is -0.533. The van der Waals surface area contributed by atoms with Crippen LogP contribution in [-0.4, -0.2) is 14.5 Å². The average molecular weight is 249 g/mol. The molecule has 1 unspecified atom stereocenters. The van der Waals surface area contributed by atoms with Gasteiger partial charge in [-0.1, -0.05) is 6.92 Å². The van der Waals surface area contributed by atoms with Crippen molar-refractivity contribution in [1.29, 1.82) is 0 Å². The minimum absolute atomic E-state index is 0.297. The molecule has 0 aliphatic rings. The first-order chi connectivity index (χ1) is 7.36. The number of benzene rings is 1. The first kappa shape index (κ1) is 13.1. The molecule has 1 N–H and O–H groups in total. The van der Waals surface area contributed by atoms with Gasteiger partial charge in [-0.3, -0.25) is 0 Å². The van der Waals surface area contributed by atoms with Crippen molar-refractivity contribution in [3.63, 3.8) is 0 Å². The Morgan fingerprint density at radius 1 is 1.38 bits per heavy atom. The maximum absolute atomic E-state index is 13.2. The second kappa shape index (κ2) is 4.88. The fourth-order valence-electron chi connectivity index (χ4n) is 1.10. The zero-order chi connectivity index (χ0) is 12.3. The van der Waals surface area contributed by atoms with E-state index in [0.29, 0.717) is 12.5 Å². The molecule has 0 aliphatic carbocycles. The Morgan fingerprint density at radius 2 is 2.00 bits per heavy atom. The molecule has 1 atom stereocenters. The first-order valence-electron chi connectivity index (χ1n) is 4.84. The number of sulfonamides is 1. The molecule has 0 heterocycles. The topological polar surface area (TPSA) is 46.2 Å². The van der Waals surface area contributed by atoms with E-state index in [2.05, 4.69) is 4.72 Å². The number of rotatable bonds is 4. The van der Waals surface area contributed by atoms with Crippen LogP contribution in [0.25, 0.3) is 0 Å². The lowest BCUT2D eigenvalue weighted by Crippen LogP contribution is -2.32. The van der Waals surface area contributed by atoms with Crippen LogP contribution in [0.3, 0.4) is 0 Å². The normalized spacial score (nSPS) is 13.8. The van der Waals surface area contributed by atoms with Crippen LogP contribution in [0.15, 0.2) is 23.1 Å². The van der Waals surface area contributed by atoms with Crippen LogP contribution in [-0.2, 0) is 10.0 Å². The van der Waals surface area contributed by atoms with E-state index in [1.54, 1.807) is 13.8 Å². The Kier molecular flexibility index (Phi) is 3.98. The zero-order valence-electron chi connectivity index (χ0n) is 9.00. The number of hydrogen-bond acceptors (Lipinski definition) is 2. The third-order valence-electron chi connectivity index (χ3n) is 2.15. The van der Waals surface area contributed by atoms with Gasteiger partial charge >= 0.3 is 0 Å². The molecule has 1 rings (SSSR count). The molecule has 3 nitrogen and oxygen atoms in total. The zero-order valence-corrected chi connectivity index (χ0v) is 9.81. The SMILES string of the molecule is CCC(C)NS(=O)(=O)c1ccc(F)cc1F. The second-order valence-corrected chi connectivity index (χ2v) is 5.19. The van der Waals surface area contributed by atoms with Crippen molar-refractivity contribution in [1.82, 2.24) is 4.72 Å². The minimum atomic E-state index is -3.91. The highest BCUT2D eigenvalue weighted by atomic mass is 32.2. The van der Waals surface area contributed by atoms with Crippen LogP contribution in [0.5, 0.6) is 0 Å². The summed E-state index contributed by atoms with van der Waals surface area (Å²) in [7, 11) is -3.91. The van der Waals surface area contributed by atoms with Gasteiger partial charge in [-0.25, -0.2) is 21.9 Å². The monoisotopic (exact) mass is 249 g/mol. The van der Waals surface area contributed by atoms with E-state index in [1.165, 1.54) is 0 Å². The van der Waals surface area contributed by atoms with Gasteiger partial charge in [0.15, 0.2) is 0 Å². The molecule has 90 valence electrons. The molecule has 16 heavy (non-hydrogen) atoms. The van der Waals surface area contributed by atoms with Crippen LogP contribution >= 0.6 is 0 Å². The number of hydrogen-bond donors (Lipinski definition) is 1. The Morgan fingerprint density at radius 3 is 2.50 bits per heavy atom. The Bertz CT molecular complexity index is 474. The molecular formula is C10H13F2NO2S. The van der Waals surface area contributed by atoms with Gasteiger partial charge < -0.3 is 0 Å². The molecule has 0 radical (unpaired) electrons. The van der Waals surface area contributed by atoms with Crippen molar-refractivity contribution in [3.05, 3.63) is 29.8 Å². The molecule has 0 aromatic heterocycles. The van der Waals surface area contributed by atoms with Crippen molar-refractivity contribution in [3.8, 4) is 0 Å². The summed E-state index contributed by atoms with van der Waals surface area (Å²) in [6.07, 6.45) is 0.585. The van der Waals surface area contributed by atoms with E-state index in [4.69, 9.17) is 0 Å². The molecule has 0 fully saturated rings. The van der Waals surface area contributed by atoms with Crippen LogP contribution in [0, 0.1) is 11.6 Å². The van der Waals surface area contributed by atoms with E-state index < -0.39 is 26.6 Å². The van der Waals surface area contributed by atoms with Crippen LogP contribution in [0.4, 0.5) is 8.78 Å². The van der Waals surface area contributed by atoms with Crippen LogP contribution < -0.4 is 4.72 Å². The summed E-state index contributed by atoms with van der Waals surface area (Å²) >= 11 is 0. The largest absolute Gasteiger partial charge is 0.243 e. The quantitative estimate of drug-likeness (QED) is 0.887. The first-order valence-corrected chi connectivity index (χ1v) is 6.32. The van der Waals surface area contributed by atoms with Gasteiger partial charge in [-0.2, -0.15) is 0 Å². The Hall–Kier alpha value is -1.01. The average Bonchev–Trinajstić information content (AvgIpc) is 2.16. The molecule has 6 heteroatoms. The Labute approximate surface area is 93.5 Å². The van der Waals surface area contributed by atoms with Crippen LogP contribution in [0.1, 0.15) is 20.3 Å². The molecular weight excluding hydrogens is 236 g/mol. The molecule has 0 saturated carbocycles. The van der Waals surface area contributed by atoms with Gasteiger partial charge in [0, 0.05) is 12.1 Å². The van der Waals surface area contributed by atoms with Crippen molar-refractivity contribution < 1.29 is 17.2 Å². The van der Waals surface area contributed by atoms with Crippen molar-refractivity contribution in [2.24, 2.45) is 0 Å². The summed E-state index contributed by atoms with van der Waals surface area (Å²) < 4.78 is 51.5. The van der Waals surface area contributed by atoms with Gasteiger partial charge in [0.25, 0.3) is 0 Å². The molecule has 0 bridgehead atoms. The lowest BCUT2D eigenvalue weighted by molar-refractivity contribution is 0.531. The molecule has 0 amide bonds. The van der Waals surface area contributed by atoms with Gasteiger partial charge in [0.1, 0.15) is 16.5 Å². The standard InChI is InChI=1S/C10H13F2NO2S/c1-3-7(2)13-16(14,15)10-5-4-8(11)6-9(10)12/h4-7,13H,3H2,1-2H3. The van der Waals surface area contributed by atoms with E-state index in [1.807, 2.05) is 0 Å². The smallest absolute Gasteiger partial charge is 0.208 e. The second-order valence-electron chi connectivity index (χ2n) is 3.51. The predicted molar refractivity (Wildman–Crippen MR) is 56.4 cm³/mol. The van der Waals surface area contributed by atoms with Crippen molar-refractivity contribution in [2.45, 2.75) is 31.2 Å². The maximum Gasteiger partial charge on any atom is 0.243 e. The van der Waals surface area contributed by atoms with Gasteiger partial charge in [-0.15, -0.1) is 0 Å². The third kappa shape index (κ3) is 2.99. The summed E-state index contributed by atoms with van der Waals surface area (Å²) in [5.41, 5.74) is 0. The van der Waals surface area contributed by atoms with Gasteiger partial charge in [-0.05, 0) is 25.5 Å². The highest BCUT2D eigenvalue weighted by molar-refractivity contribution is 7.89. The maximum atomic E-state index is 13.2. The third-order valence-corrected chi connectivity index (χ3v) is 3.77. The van der Waals surface area contributed by atoms with E-state index in [0.717, 1.165) is 12.1 Å². The number of halogens is 2. The number of nitrogens with one attached hydrogen (secondary N) is 1. The van der Waals surface area contributed by atoms with E-state index >= 15 is 0 Å². The highest BCUT2D eigenvalue weighted by Gasteiger charge is 2.20. The minimum Gasteiger partial charge on any atom is -0.208 e. The molecule has 0 spiro atoms. The molecule has 0 aliphatic heterocycles. The Balaban J connectivity index is 3.08. The fourth-order valence-corrected chi connectivity index (χ4v) is 2.49. The lowest BCUT2D eigenvalue weighted by Gasteiger charge is -2.12. The summed E-state index contributed by atoms with van der Waals surface area (Å²) in [5.74, 6) is -1.89. The summed E-state index contributed by atoms with van der Waals surface area (Å²) in [5, 5.41) is 0. The van der Waals surface area contributed by atoms with Gasteiger partial charge in [0.2, 0.25) is 10.0 Å². The van der Waals surface area contributed by atoms with Gasteiger partial charge in [0.05, 0.1) is 0 Å². The molecule has 1 aromatic rings. The molecule has 0 saturated heterocycles. The molecule has 1 aromatic carbocycles. The van der Waals surface area contributed by atoms with E-state index in [9.17, 15) is 17.2 Å².